The van der Waals surface area contributed by atoms with Crippen LogP contribution in [-0.2, 0) is 14.3 Å². The lowest BCUT2D eigenvalue weighted by molar-refractivity contribution is -0.153. The lowest BCUT2D eigenvalue weighted by Gasteiger charge is -2.17. The van der Waals surface area contributed by atoms with Crippen LogP contribution < -0.4 is 21.7 Å². The van der Waals surface area contributed by atoms with Gasteiger partial charge in [0.25, 0.3) is 5.91 Å². The third-order valence-corrected chi connectivity index (χ3v) is 3.78. The molecule has 1 heterocycles. The molecule has 1 fully saturated rings. The highest BCUT2D eigenvalue weighted by atomic mass is 16.5. The lowest BCUT2D eigenvalue weighted by Crippen LogP contribution is -2.32. The van der Waals surface area contributed by atoms with E-state index in [2.05, 4.69) is 5.32 Å². The number of nitrogens with two attached hydrogens (primary N) is 2. The van der Waals surface area contributed by atoms with Crippen LogP contribution in [0.15, 0.2) is 36.5 Å². The van der Waals surface area contributed by atoms with Crippen molar-refractivity contribution in [3.8, 4) is 0 Å². The SMILES string of the molecule is N=C(N)c1ccc(N2CCC(OC(=O)CCC=CNC(N)=O)C2=O)cc1. The lowest BCUT2D eigenvalue weighted by atomic mass is 10.2. The van der Waals surface area contributed by atoms with E-state index in [4.69, 9.17) is 21.6 Å². The smallest absolute Gasteiger partial charge is 0.316 e. The number of carbonyl (C=O) groups excluding carboxylic acids is 3. The number of esters is 1. The fourth-order valence-corrected chi connectivity index (χ4v) is 2.48. The number of ether oxygens (including phenoxy) is 1. The van der Waals surface area contributed by atoms with Gasteiger partial charge in [0.05, 0.1) is 0 Å². The van der Waals surface area contributed by atoms with Crippen LogP contribution in [0.4, 0.5) is 10.5 Å². The highest BCUT2D eigenvalue weighted by Gasteiger charge is 2.35. The number of hydrogen-bond donors (Lipinski definition) is 4. The van der Waals surface area contributed by atoms with Crippen molar-refractivity contribution in [3.63, 3.8) is 0 Å². The van der Waals surface area contributed by atoms with Crippen LogP contribution in [0.25, 0.3) is 0 Å². The summed E-state index contributed by atoms with van der Waals surface area (Å²) in [6, 6.07) is 6.05. The quantitative estimate of drug-likeness (QED) is 0.319. The van der Waals surface area contributed by atoms with Crippen molar-refractivity contribution in [1.29, 1.82) is 5.41 Å². The second kappa shape index (κ2) is 8.65. The molecule has 0 saturated carbocycles. The molecule has 1 aromatic carbocycles. The number of carbonyl (C=O) groups is 3. The molecule has 1 atom stereocenters. The molecule has 0 radical (unpaired) electrons. The van der Waals surface area contributed by atoms with Crippen molar-refractivity contribution in [2.75, 3.05) is 11.4 Å². The molecule has 3 amide bonds. The summed E-state index contributed by atoms with van der Waals surface area (Å²) in [6.45, 7) is 0.443. The molecule has 1 saturated heterocycles. The Hall–Kier alpha value is -3.36. The van der Waals surface area contributed by atoms with Crippen LogP contribution in [0.5, 0.6) is 0 Å². The first-order chi connectivity index (χ1) is 12.4. The Morgan fingerprint density at radius 1 is 1.31 bits per heavy atom. The first kappa shape index (κ1) is 19.0. The van der Waals surface area contributed by atoms with E-state index in [1.54, 1.807) is 35.2 Å². The maximum atomic E-state index is 12.4. The second-order valence-corrected chi connectivity index (χ2v) is 5.67. The number of amidine groups is 1. The van der Waals surface area contributed by atoms with Crippen LogP contribution in [0, 0.1) is 5.41 Å². The summed E-state index contributed by atoms with van der Waals surface area (Å²) in [5.74, 6) is -0.808. The van der Waals surface area contributed by atoms with Gasteiger partial charge in [-0.3, -0.25) is 15.0 Å². The molecule has 26 heavy (non-hydrogen) atoms. The van der Waals surface area contributed by atoms with Crippen LogP contribution in [-0.4, -0.2) is 36.4 Å². The third kappa shape index (κ3) is 5.07. The summed E-state index contributed by atoms with van der Waals surface area (Å²) in [5, 5.41) is 9.63. The summed E-state index contributed by atoms with van der Waals surface area (Å²) < 4.78 is 5.23. The number of hydrogen-bond acceptors (Lipinski definition) is 5. The largest absolute Gasteiger partial charge is 0.452 e. The average Bonchev–Trinajstić information content (AvgIpc) is 2.95. The van der Waals surface area contributed by atoms with Crippen LogP contribution >= 0.6 is 0 Å². The normalized spacial score (nSPS) is 16.7. The Kier molecular flexibility index (Phi) is 6.31. The summed E-state index contributed by atoms with van der Waals surface area (Å²) in [4.78, 5) is 36.3. The number of amides is 3. The Labute approximate surface area is 150 Å². The number of anilines is 1. The molecular formula is C17H21N5O4. The van der Waals surface area contributed by atoms with Crippen molar-refractivity contribution >= 4 is 29.4 Å². The number of nitrogens with zero attached hydrogens (tertiary/aromatic N) is 1. The minimum Gasteiger partial charge on any atom is -0.452 e. The Morgan fingerprint density at radius 3 is 2.62 bits per heavy atom. The summed E-state index contributed by atoms with van der Waals surface area (Å²) in [7, 11) is 0. The Bertz CT molecular complexity index is 729. The molecule has 9 nitrogen and oxygen atoms in total. The summed E-state index contributed by atoms with van der Waals surface area (Å²) in [5.41, 5.74) is 11.5. The number of nitrogens with one attached hydrogen (secondary N) is 2. The van der Waals surface area contributed by atoms with E-state index in [-0.39, 0.29) is 18.2 Å². The Balaban J connectivity index is 1.84. The molecule has 0 aliphatic carbocycles. The molecule has 1 aromatic rings. The number of allylic oxidation sites excluding steroid dienone is 1. The van der Waals surface area contributed by atoms with Crippen LogP contribution in [0.1, 0.15) is 24.8 Å². The zero-order chi connectivity index (χ0) is 19.1. The van der Waals surface area contributed by atoms with Gasteiger partial charge >= 0.3 is 12.0 Å². The van der Waals surface area contributed by atoms with Crippen molar-refractivity contribution < 1.29 is 19.1 Å². The van der Waals surface area contributed by atoms with Gasteiger partial charge in [-0.2, -0.15) is 0 Å². The molecule has 1 aliphatic heterocycles. The highest BCUT2D eigenvalue weighted by Crippen LogP contribution is 2.24. The average molecular weight is 359 g/mol. The van der Waals surface area contributed by atoms with E-state index >= 15 is 0 Å². The minimum absolute atomic E-state index is 0.0452. The van der Waals surface area contributed by atoms with E-state index < -0.39 is 18.1 Å². The molecule has 0 aromatic heterocycles. The highest BCUT2D eigenvalue weighted by molar-refractivity contribution is 6.00. The van der Waals surface area contributed by atoms with E-state index in [0.29, 0.717) is 30.6 Å². The zero-order valence-electron chi connectivity index (χ0n) is 14.1. The van der Waals surface area contributed by atoms with Gasteiger partial charge in [-0.05, 0) is 30.7 Å². The fourth-order valence-electron chi connectivity index (χ4n) is 2.48. The second-order valence-electron chi connectivity index (χ2n) is 5.67. The van der Waals surface area contributed by atoms with Gasteiger partial charge in [-0.1, -0.05) is 6.08 Å². The van der Waals surface area contributed by atoms with Crippen molar-refractivity contribution in [2.45, 2.75) is 25.4 Å². The molecule has 138 valence electrons. The van der Waals surface area contributed by atoms with E-state index in [9.17, 15) is 14.4 Å². The van der Waals surface area contributed by atoms with Crippen molar-refractivity contribution in [2.24, 2.45) is 11.5 Å². The zero-order valence-corrected chi connectivity index (χ0v) is 14.1. The Morgan fingerprint density at radius 2 is 2.00 bits per heavy atom. The predicted octanol–water partition coefficient (Wildman–Crippen LogP) is 0.581. The molecule has 1 aliphatic rings. The maximum Gasteiger partial charge on any atom is 0.316 e. The van der Waals surface area contributed by atoms with Gasteiger partial charge in [0, 0.05) is 36.8 Å². The van der Waals surface area contributed by atoms with Gasteiger partial charge in [-0.15, -0.1) is 0 Å². The van der Waals surface area contributed by atoms with Crippen LogP contribution in [0.3, 0.4) is 0 Å². The first-order valence-corrected chi connectivity index (χ1v) is 8.05. The molecule has 2 rings (SSSR count). The monoisotopic (exact) mass is 359 g/mol. The number of primary amides is 1. The minimum atomic E-state index is -0.803. The third-order valence-electron chi connectivity index (χ3n) is 3.78. The van der Waals surface area contributed by atoms with Gasteiger partial charge in [-0.25, -0.2) is 4.79 Å². The van der Waals surface area contributed by atoms with E-state index in [0.717, 1.165) is 0 Å². The van der Waals surface area contributed by atoms with E-state index in [1.807, 2.05) is 0 Å². The summed E-state index contributed by atoms with van der Waals surface area (Å²) >= 11 is 0. The number of rotatable bonds is 7. The molecular weight excluding hydrogens is 338 g/mol. The summed E-state index contributed by atoms with van der Waals surface area (Å²) in [6.07, 6.45) is 2.99. The van der Waals surface area contributed by atoms with Gasteiger partial charge < -0.3 is 26.4 Å². The molecule has 0 spiro atoms. The number of nitrogen functional groups attached to an aromatic ring is 1. The molecule has 9 heteroatoms. The van der Waals surface area contributed by atoms with Crippen LogP contribution in [0.2, 0.25) is 0 Å². The van der Waals surface area contributed by atoms with Gasteiger partial charge in [0.15, 0.2) is 6.10 Å². The number of urea groups is 1. The standard InChI is InChI=1S/C17H21N5O4/c18-15(19)11-4-6-12(7-5-11)22-10-8-13(16(22)24)26-14(23)3-1-2-9-21-17(20)25/h2,4-7,9,13H,1,3,8,10H2,(H3,18,19)(H3,20,21,25). The topological polar surface area (TPSA) is 152 Å². The fraction of sp³-hybridized carbons (Fsp3) is 0.294. The number of benzene rings is 1. The predicted molar refractivity (Wildman–Crippen MR) is 95.4 cm³/mol. The van der Waals surface area contributed by atoms with E-state index in [1.165, 1.54) is 6.20 Å². The molecule has 1 unspecified atom stereocenters. The molecule has 6 N–H and O–H groups in total. The van der Waals surface area contributed by atoms with Crippen molar-refractivity contribution in [1.82, 2.24) is 5.32 Å². The maximum absolute atomic E-state index is 12.4. The van der Waals surface area contributed by atoms with Gasteiger partial charge in [0.1, 0.15) is 5.84 Å². The molecule has 0 bridgehead atoms. The first-order valence-electron chi connectivity index (χ1n) is 8.05. The van der Waals surface area contributed by atoms with Crippen molar-refractivity contribution in [3.05, 3.63) is 42.1 Å². The van der Waals surface area contributed by atoms with Gasteiger partial charge in [0.2, 0.25) is 0 Å².